The summed E-state index contributed by atoms with van der Waals surface area (Å²) in [5, 5.41) is 3.24. The third-order valence-electron chi connectivity index (χ3n) is 5.48. The van der Waals surface area contributed by atoms with Crippen LogP contribution in [0.15, 0.2) is 48.5 Å². The van der Waals surface area contributed by atoms with Gasteiger partial charge in [0.15, 0.2) is 0 Å². The Morgan fingerprint density at radius 3 is 2.43 bits per heavy atom. The second-order valence-electron chi connectivity index (χ2n) is 8.19. The molecule has 0 saturated heterocycles. The quantitative estimate of drug-likeness (QED) is 0.402. The molecule has 192 valence electrons. The Balaban J connectivity index is 2.42. The van der Waals surface area contributed by atoms with Crippen molar-refractivity contribution in [2.75, 3.05) is 30.8 Å². The number of amides is 2. The zero-order valence-corrected chi connectivity index (χ0v) is 22.2. The number of halogens is 1. The zero-order chi connectivity index (χ0) is 26.0. The number of sulfonamides is 1. The van der Waals surface area contributed by atoms with Gasteiger partial charge in [-0.2, -0.15) is 0 Å². The summed E-state index contributed by atoms with van der Waals surface area (Å²) < 4.78 is 31.5. The lowest BCUT2D eigenvalue weighted by Crippen LogP contribution is -2.52. The molecule has 0 heterocycles. The Labute approximate surface area is 213 Å². The summed E-state index contributed by atoms with van der Waals surface area (Å²) in [5.41, 5.74) is 1.03. The summed E-state index contributed by atoms with van der Waals surface area (Å²) in [6.45, 7) is 3.99. The van der Waals surface area contributed by atoms with Crippen LogP contribution in [-0.2, 0) is 26.2 Å². The number of anilines is 1. The standard InChI is InChI=1S/C25H34ClN3O5S/c1-5-7-14-27-25(31)23(6-2)28(17-19-10-8-13-22(15-19)34-3)24(30)18-29(35(4,32)33)21-12-9-11-20(26)16-21/h8-13,15-16,23H,5-7,14,17-18H2,1-4H3,(H,27,31). The zero-order valence-electron chi connectivity index (χ0n) is 20.7. The van der Waals surface area contributed by atoms with Gasteiger partial charge in [0.05, 0.1) is 19.1 Å². The lowest BCUT2D eigenvalue weighted by atomic mass is 10.1. The Morgan fingerprint density at radius 2 is 1.83 bits per heavy atom. The fourth-order valence-corrected chi connectivity index (χ4v) is 4.66. The van der Waals surface area contributed by atoms with Crippen molar-refractivity contribution in [2.24, 2.45) is 0 Å². The van der Waals surface area contributed by atoms with Gasteiger partial charge in [0, 0.05) is 18.1 Å². The average Bonchev–Trinajstić information content (AvgIpc) is 2.81. The summed E-state index contributed by atoms with van der Waals surface area (Å²) in [5.74, 6) is -0.159. The van der Waals surface area contributed by atoms with E-state index >= 15 is 0 Å². The predicted molar refractivity (Wildman–Crippen MR) is 139 cm³/mol. The van der Waals surface area contributed by atoms with E-state index in [1.165, 1.54) is 11.0 Å². The van der Waals surface area contributed by atoms with E-state index in [1.807, 2.05) is 19.9 Å². The highest BCUT2D eigenvalue weighted by atomic mass is 35.5. The molecule has 35 heavy (non-hydrogen) atoms. The molecule has 0 aliphatic rings. The molecule has 0 aliphatic carbocycles. The number of carbonyl (C=O) groups is 2. The minimum atomic E-state index is -3.81. The molecule has 0 fully saturated rings. The average molecular weight is 524 g/mol. The maximum absolute atomic E-state index is 13.6. The van der Waals surface area contributed by atoms with Crippen LogP contribution in [0.5, 0.6) is 5.75 Å². The third-order valence-corrected chi connectivity index (χ3v) is 6.85. The predicted octanol–water partition coefficient (Wildman–Crippen LogP) is 3.84. The number of carbonyl (C=O) groups excluding carboxylic acids is 2. The maximum Gasteiger partial charge on any atom is 0.244 e. The molecule has 0 aliphatic heterocycles. The maximum atomic E-state index is 13.6. The molecule has 0 spiro atoms. The van der Waals surface area contributed by atoms with Crippen LogP contribution in [0.1, 0.15) is 38.7 Å². The van der Waals surface area contributed by atoms with Crippen molar-refractivity contribution in [1.82, 2.24) is 10.2 Å². The van der Waals surface area contributed by atoms with Gasteiger partial charge in [-0.05, 0) is 48.7 Å². The molecule has 1 unspecified atom stereocenters. The van der Waals surface area contributed by atoms with Gasteiger partial charge in [-0.15, -0.1) is 0 Å². The molecule has 2 aromatic rings. The molecule has 0 bridgehead atoms. The van der Waals surface area contributed by atoms with Gasteiger partial charge in [0.2, 0.25) is 21.8 Å². The highest BCUT2D eigenvalue weighted by molar-refractivity contribution is 7.92. The van der Waals surface area contributed by atoms with Gasteiger partial charge in [0.1, 0.15) is 18.3 Å². The number of methoxy groups -OCH3 is 1. The Bertz CT molecular complexity index is 1110. The first kappa shape index (κ1) is 28.5. The SMILES string of the molecule is CCCCNC(=O)C(CC)N(Cc1cccc(OC)c1)C(=O)CN(c1cccc(Cl)c1)S(C)(=O)=O. The molecular formula is C25H34ClN3O5S. The Kier molecular flexibility index (Phi) is 10.9. The van der Waals surface area contributed by atoms with E-state index in [2.05, 4.69) is 5.32 Å². The molecule has 1 N–H and O–H groups in total. The van der Waals surface area contributed by atoms with Crippen molar-refractivity contribution in [1.29, 1.82) is 0 Å². The number of hydrogen-bond donors (Lipinski definition) is 1. The summed E-state index contributed by atoms with van der Waals surface area (Å²) in [6.07, 6.45) is 3.14. The molecule has 2 aromatic carbocycles. The molecule has 1 atom stereocenters. The number of rotatable bonds is 13. The van der Waals surface area contributed by atoms with Crippen LogP contribution in [0.3, 0.4) is 0 Å². The Morgan fingerprint density at radius 1 is 1.11 bits per heavy atom. The van der Waals surface area contributed by atoms with E-state index in [0.29, 0.717) is 23.7 Å². The van der Waals surface area contributed by atoms with Crippen molar-refractivity contribution >= 4 is 39.1 Å². The van der Waals surface area contributed by atoms with E-state index in [-0.39, 0.29) is 18.1 Å². The summed E-state index contributed by atoms with van der Waals surface area (Å²) >= 11 is 6.07. The summed E-state index contributed by atoms with van der Waals surface area (Å²) in [4.78, 5) is 28.1. The van der Waals surface area contributed by atoms with Crippen molar-refractivity contribution in [3.63, 3.8) is 0 Å². The van der Waals surface area contributed by atoms with E-state index in [1.54, 1.807) is 43.5 Å². The van der Waals surface area contributed by atoms with Crippen molar-refractivity contribution in [2.45, 2.75) is 45.7 Å². The largest absolute Gasteiger partial charge is 0.497 e. The number of nitrogens with zero attached hydrogens (tertiary/aromatic N) is 2. The van der Waals surface area contributed by atoms with E-state index in [4.69, 9.17) is 16.3 Å². The fourth-order valence-electron chi connectivity index (χ4n) is 3.64. The lowest BCUT2D eigenvalue weighted by molar-refractivity contribution is -0.140. The van der Waals surface area contributed by atoms with Crippen LogP contribution in [0, 0.1) is 0 Å². The van der Waals surface area contributed by atoms with Crippen LogP contribution in [0.25, 0.3) is 0 Å². The van der Waals surface area contributed by atoms with Crippen LogP contribution < -0.4 is 14.4 Å². The molecular weight excluding hydrogens is 490 g/mol. The van der Waals surface area contributed by atoms with Crippen LogP contribution in [-0.4, -0.2) is 57.6 Å². The molecule has 2 amide bonds. The summed E-state index contributed by atoms with van der Waals surface area (Å²) in [6, 6.07) is 12.7. The second kappa shape index (κ2) is 13.3. The fraction of sp³-hybridized carbons (Fsp3) is 0.440. The topological polar surface area (TPSA) is 96.0 Å². The first-order chi connectivity index (χ1) is 16.6. The number of ether oxygens (including phenoxy) is 1. The van der Waals surface area contributed by atoms with E-state index < -0.39 is 28.5 Å². The van der Waals surface area contributed by atoms with Crippen molar-refractivity contribution < 1.29 is 22.7 Å². The van der Waals surface area contributed by atoms with Gasteiger partial charge >= 0.3 is 0 Å². The monoisotopic (exact) mass is 523 g/mol. The van der Waals surface area contributed by atoms with Gasteiger partial charge < -0.3 is 15.0 Å². The number of nitrogens with one attached hydrogen (secondary N) is 1. The molecule has 2 rings (SSSR count). The van der Waals surface area contributed by atoms with Gasteiger partial charge in [-0.1, -0.05) is 50.1 Å². The minimum absolute atomic E-state index is 0.114. The van der Waals surface area contributed by atoms with Gasteiger partial charge in [-0.3, -0.25) is 13.9 Å². The second-order valence-corrected chi connectivity index (χ2v) is 10.5. The van der Waals surface area contributed by atoms with Gasteiger partial charge in [-0.25, -0.2) is 8.42 Å². The van der Waals surface area contributed by atoms with Crippen LogP contribution in [0.2, 0.25) is 5.02 Å². The Hall–Kier alpha value is -2.78. The lowest BCUT2D eigenvalue weighted by Gasteiger charge is -2.33. The molecule has 0 aromatic heterocycles. The van der Waals surface area contributed by atoms with Crippen LogP contribution in [0.4, 0.5) is 5.69 Å². The number of benzene rings is 2. The minimum Gasteiger partial charge on any atom is -0.497 e. The highest BCUT2D eigenvalue weighted by Gasteiger charge is 2.31. The van der Waals surface area contributed by atoms with Crippen molar-refractivity contribution in [3.8, 4) is 5.75 Å². The number of hydrogen-bond acceptors (Lipinski definition) is 5. The van der Waals surface area contributed by atoms with E-state index in [0.717, 1.165) is 29.0 Å². The molecule has 0 radical (unpaired) electrons. The third kappa shape index (κ3) is 8.43. The molecule has 10 heteroatoms. The highest BCUT2D eigenvalue weighted by Crippen LogP contribution is 2.23. The van der Waals surface area contributed by atoms with E-state index in [9.17, 15) is 18.0 Å². The normalized spacial score (nSPS) is 12.0. The van der Waals surface area contributed by atoms with Crippen LogP contribution >= 0.6 is 11.6 Å². The smallest absolute Gasteiger partial charge is 0.244 e. The van der Waals surface area contributed by atoms with Gasteiger partial charge in [0.25, 0.3) is 0 Å². The molecule has 0 saturated carbocycles. The first-order valence-corrected chi connectivity index (χ1v) is 13.8. The first-order valence-electron chi connectivity index (χ1n) is 11.5. The number of unbranched alkanes of at least 4 members (excludes halogenated alkanes) is 1. The summed E-state index contributed by atoms with van der Waals surface area (Å²) in [7, 11) is -2.26. The van der Waals surface area contributed by atoms with Crippen molar-refractivity contribution in [3.05, 3.63) is 59.1 Å². The molecule has 8 nitrogen and oxygen atoms in total.